The van der Waals surface area contributed by atoms with Crippen LogP contribution >= 0.6 is 0 Å². The Morgan fingerprint density at radius 2 is 1.65 bits per heavy atom. The normalized spacial score (nSPS) is 21.7. The first-order valence-corrected chi connectivity index (χ1v) is 9.02. The fourth-order valence-electron chi connectivity index (χ4n) is 3.67. The first-order valence-electron chi connectivity index (χ1n) is 9.02. The van der Waals surface area contributed by atoms with E-state index in [0.29, 0.717) is 17.6 Å². The molecule has 2 aromatic rings. The topological polar surface area (TPSA) is 69.6 Å². The molecule has 6 nitrogen and oxygen atoms in total. The van der Waals surface area contributed by atoms with Gasteiger partial charge in [0.05, 0.1) is 0 Å². The first-order chi connectivity index (χ1) is 12.6. The maximum atomic E-state index is 11.5. The molecule has 0 aliphatic carbocycles. The van der Waals surface area contributed by atoms with Crippen LogP contribution in [0, 0.1) is 0 Å². The Bertz CT molecular complexity index is 708. The second-order valence-electron chi connectivity index (χ2n) is 7.09. The number of benzene rings is 1. The lowest BCUT2D eigenvalue weighted by molar-refractivity contribution is 0.0289. The molecule has 2 heterocycles. The SMILES string of the molecule is C[C@@H]1CN(Cc2ccc(C(=O)CO)cc2)C[C@H](C)N1Cc1cncnc1. The number of ketones is 1. The van der Waals surface area contributed by atoms with Crippen LogP contribution < -0.4 is 0 Å². The van der Waals surface area contributed by atoms with E-state index in [1.54, 1.807) is 18.5 Å². The van der Waals surface area contributed by atoms with Crippen molar-refractivity contribution in [3.63, 3.8) is 0 Å². The number of nitrogens with zero attached hydrogens (tertiary/aromatic N) is 4. The van der Waals surface area contributed by atoms with Crippen LogP contribution in [0.15, 0.2) is 43.0 Å². The number of aliphatic hydroxyl groups excluding tert-OH is 1. The van der Waals surface area contributed by atoms with Crippen molar-refractivity contribution >= 4 is 5.78 Å². The summed E-state index contributed by atoms with van der Waals surface area (Å²) in [6.45, 7) is 7.80. The Morgan fingerprint density at radius 1 is 1.04 bits per heavy atom. The van der Waals surface area contributed by atoms with Crippen LogP contribution in [-0.2, 0) is 13.1 Å². The van der Waals surface area contributed by atoms with Crippen molar-refractivity contribution in [2.75, 3.05) is 19.7 Å². The van der Waals surface area contributed by atoms with Crippen LogP contribution in [0.25, 0.3) is 0 Å². The molecule has 3 rings (SSSR count). The summed E-state index contributed by atoms with van der Waals surface area (Å²) in [7, 11) is 0. The van der Waals surface area contributed by atoms with Gasteiger partial charge in [0.25, 0.3) is 0 Å². The summed E-state index contributed by atoms with van der Waals surface area (Å²) < 4.78 is 0. The molecule has 1 fully saturated rings. The van der Waals surface area contributed by atoms with E-state index < -0.39 is 6.61 Å². The second-order valence-corrected chi connectivity index (χ2v) is 7.09. The van der Waals surface area contributed by atoms with Gasteiger partial charge in [-0.1, -0.05) is 24.3 Å². The molecular weight excluding hydrogens is 328 g/mol. The fraction of sp³-hybridized carbons (Fsp3) is 0.450. The molecule has 1 N–H and O–H groups in total. The van der Waals surface area contributed by atoms with Gasteiger partial charge in [-0.15, -0.1) is 0 Å². The quantitative estimate of drug-likeness (QED) is 0.797. The molecule has 0 amide bonds. The molecular formula is C20H26N4O2. The molecule has 1 saturated heterocycles. The summed E-state index contributed by atoms with van der Waals surface area (Å²) in [4.78, 5) is 24.7. The van der Waals surface area contributed by atoms with Crippen molar-refractivity contribution < 1.29 is 9.90 Å². The third-order valence-electron chi connectivity index (χ3n) is 4.98. The summed E-state index contributed by atoms with van der Waals surface area (Å²) >= 11 is 0. The predicted molar refractivity (Wildman–Crippen MR) is 99.6 cm³/mol. The number of hydrogen-bond acceptors (Lipinski definition) is 6. The minimum absolute atomic E-state index is 0.239. The molecule has 1 aliphatic rings. The molecule has 6 heteroatoms. The standard InChI is InChI=1S/C20H26N4O2/c1-15-9-23(11-17-3-5-19(6-4-17)20(26)13-25)10-16(2)24(15)12-18-7-21-14-22-8-18/h3-8,14-16,25H,9-13H2,1-2H3/t15-,16+. The molecule has 26 heavy (non-hydrogen) atoms. The number of aliphatic hydroxyl groups is 1. The molecule has 0 radical (unpaired) electrons. The van der Waals surface area contributed by atoms with Gasteiger partial charge in [-0.3, -0.25) is 14.6 Å². The molecule has 1 aromatic carbocycles. The van der Waals surface area contributed by atoms with Gasteiger partial charge in [0.15, 0.2) is 5.78 Å². The van der Waals surface area contributed by atoms with Crippen molar-refractivity contribution in [1.29, 1.82) is 0 Å². The highest BCUT2D eigenvalue weighted by molar-refractivity contribution is 5.96. The smallest absolute Gasteiger partial charge is 0.188 e. The van der Waals surface area contributed by atoms with E-state index in [9.17, 15) is 4.79 Å². The van der Waals surface area contributed by atoms with E-state index >= 15 is 0 Å². The highest BCUT2D eigenvalue weighted by atomic mass is 16.3. The maximum absolute atomic E-state index is 11.5. The Hall–Kier alpha value is -2.15. The lowest BCUT2D eigenvalue weighted by Gasteiger charge is -2.44. The van der Waals surface area contributed by atoms with Crippen LogP contribution in [0.1, 0.15) is 35.3 Å². The van der Waals surface area contributed by atoms with Crippen molar-refractivity contribution in [2.24, 2.45) is 0 Å². The van der Waals surface area contributed by atoms with Crippen LogP contribution in [-0.4, -0.2) is 62.4 Å². The Labute approximate surface area is 154 Å². The minimum atomic E-state index is -0.442. The van der Waals surface area contributed by atoms with Crippen LogP contribution in [0.3, 0.4) is 0 Å². The van der Waals surface area contributed by atoms with E-state index in [-0.39, 0.29) is 5.78 Å². The number of Topliss-reactive ketones (excluding diaryl/α,β-unsaturated/α-hetero) is 1. The summed E-state index contributed by atoms with van der Waals surface area (Å²) in [5.74, 6) is -0.239. The summed E-state index contributed by atoms with van der Waals surface area (Å²) in [5.41, 5.74) is 2.89. The number of carbonyl (C=O) groups is 1. The molecule has 0 spiro atoms. The average molecular weight is 354 g/mol. The zero-order valence-electron chi connectivity index (χ0n) is 15.4. The van der Waals surface area contributed by atoms with Crippen LogP contribution in [0.4, 0.5) is 0 Å². The summed E-state index contributed by atoms with van der Waals surface area (Å²) in [6, 6.07) is 8.43. The second kappa shape index (κ2) is 8.49. The average Bonchev–Trinajstić information content (AvgIpc) is 2.65. The third kappa shape index (κ3) is 4.52. The zero-order chi connectivity index (χ0) is 18.5. The number of rotatable bonds is 6. The van der Waals surface area contributed by atoms with Gasteiger partial charge < -0.3 is 5.11 Å². The van der Waals surface area contributed by atoms with Crippen LogP contribution in [0.5, 0.6) is 0 Å². The van der Waals surface area contributed by atoms with E-state index in [1.807, 2.05) is 24.5 Å². The summed E-state index contributed by atoms with van der Waals surface area (Å²) in [5, 5.41) is 8.94. The Morgan fingerprint density at radius 3 is 2.23 bits per heavy atom. The molecule has 2 atom stereocenters. The molecule has 0 bridgehead atoms. The van der Waals surface area contributed by atoms with Crippen molar-refractivity contribution in [3.05, 3.63) is 59.7 Å². The molecule has 1 aromatic heterocycles. The van der Waals surface area contributed by atoms with Crippen molar-refractivity contribution in [3.8, 4) is 0 Å². The van der Waals surface area contributed by atoms with Gasteiger partial charge in [-0.2, -0.15) is 0 Å². The Kier molecular flexibility index (Phi) is 6.08. The highest BCUT2D eigenvalue weighted by Gasteiger charge is 2.29. The van der Waals surface area contributed by atoms with Gasteiger partial charge in [0, 0.05) is 61.8 Å². The van der Waals surface area contributed by atoms with E-state index in [0.717, 1.165) is 31.7 Å². The maximum Gasteiger partial charge on any atom is 0.188 e. The van der Waals surface area contributed by atoms with E-state index in [1.165, 1.54) is 5.56 Å². The zero-order valence-corrected chi connectivity index (χ0v) is 15.4. The van der Waals surface area contributed by atoms with Gasteiger partial charge in [-0.25, -0.2) is 9.97 Å². The number of carbonyl (C=O) groups excluding carboxylic acids is 1. The van der Waals surface area contributed by atoms with Gasteiger partial charge in [0.2, 0.25) is 0 Å². The minimum Gasteiger partial charge on any atom is -0.388 e. The molecule has 0 saturated carbocycles. The lowest BCUT2D eigenvalue weighted by atomic mass is 10.0. The number of aromatic nitrogens is 2. The first kappa shape index (κ1) is 18.6. The lowest BCUT2D eigenvalue weighted by Crippen LogP contribution is -2.55. The Balaban J connectivity index is 1.59. The van der Waals surface area contributed by atoms with Crippen molar-refractivity contribution in [1.82, 2.24) is 19.8 Å². The third-order valence-corrected chi connectivity index (χ3v) is 4.98. The molecule has 0 unspecified atom stereocenters. The number of hydrogen-bond donors (Lipinski definition) is 1. The van der Waals surface area contributed by atoms with Gasteiger partial charge >= 0.3 is 0 Å². The van der Waals surface area contributed by atoms with E-state index in [4.69, 9.17) is 5.11 Å². The predicted octanol–water partition coefficient (Wildman–Crippen LogP) is 1.75. The monoisotopic (exact) mass is 354 g/mol. The summed E-state index contributed by atoms with van der Waals surface area (Å²) in [6.07, 6.45) is 5.33. The van der Waals surface area contributed by atoms with E-state index in [2.05, 4.69) is 33.6 Å². The van der Waals surface area contributed by atoms with Crippen molar-refractivity contribution in [2.45, 2.75) is 39.0 Å². The fourth-order valence-corrected chi connectivity index (χ4v) is 3.67. The largest absolute Gasteiger partial charge is 0.388 e. The molecule has 1 aliphatic heterocycles. The van der Waals surface area contributed by atoms with Gasteiger partial charge in [-0.05, 0) is 19.4 Å². The van der Waals surface area contributed by atoms with Crippen LogP contribution in [0.2, 0.25) is 0 Å². The highest BCUT2D eigenvalue weighted by Crippen LogP contribution is 2.20. The number of piperazine rings is 1. The molecule has 138 valence electrons. The van der Waals surface area contributed by atoms with Gasteiger partial charge in [0.1, 0.15) is 12.9 Å².